The minimum atomic E-state index is -4.31. The van der Waals surface area contributed by atoms with Crippen LogP contribution in [0.5, 0.6) is 0 Å². The van der Waals surface area contributed by atoms with E-state index in [1.165, 1.54) is 12.1 Å². The molecule has 30 heavy (non-hydrogen) atoms. The van der Waals surface area contributed by atoms with Gasteiger partial charge in [0.15, 0.2) is 5.96 Å². The van der Waals surface area contributed by atoms with Gasteiger partial charge >= 0.3 is 6.18 Å². The third-order valence-corrected chi connectivity index (χ3v) is 5.43. The molecule has 1 atom stereocenters. The molecule has 8 heteroatoms. The molecule has 1 saturated heterocycles. The summed E-state index contributed by atoms with van der Waals surface area (Å²) >= 11 is 0. The van der Waals surface area contributed by atoms with Gasteiger partial charge in [-0.2, -0.15) is 13.2 Å². The van der Waals surface area contributed by atoms with Crippen molar-refractivity contribution < 1.29 is 13.2 Å². The first kappa shape index (κ1) is 24.5. The second kappa shape index (κ2) is 11.6. The summed E-state index contributed by atoms with van der Waals surface area (Å²) in [7, 11) is 1.91. The van der Waals surface area contributed by atoms with Crippen LogP contribution in [0.25, 0.3) is 0 Å². The van der Waals surface area contributed by atoms with E-state index in [1.807, 2.05) is 18.9 Å². The fourth-order valence-corrected chi connectivity index (χ4v) is 3.65. The van der Waals surface area contributed by atoms with Gasteiger partial charge in [-0.1, -0.05) is 26.0 Å². The number of hydrogen-bond donors (Lipinski definition) is 1. The summed E-state index contributed by atoms with van der Waals surface area (Å²) in [4.78, 5) is 11.7. The normalized spacial score (nSPS) is 17.8. The molecule has 2 rings (SSSR count). The van der Waals surface area contributed by atoms with Crippen LogP contribution in [0, 0.1) is 5.92 Å². The number of nitrogens with one attached hydrogen (secondary N) is 1. The molecule has 1 fully saturated rings. The van der Waals surface area contributed by atoms with Crippen molar-refractivity contribution in [2.24, 2.45) is 10.9 Å². The highest BCUT2D eigenvalue weighted by Crippen LogP contribution is 2.29. The van der Waals surface area contributed by atoms with E-state index >= 15 is 0 Å². The molecule has 0 saturated carbocycles. The maximum atomic E-state index is 12.7. The highest BCUT2D eigenvalue weighted by atomic mass is 19.4. The molecule has 170 valence electrons. The van der Waals surface area contributed by atoms with E-state index in [-0.39, 0.29) is 0 Å². The second-order valence-corrected chi connectivity index (χ2v) is 8.09. The molecular weight excluding hydrogens is 391 g/mol. The van der Waals surface area contributed by atoms with Gasteiger partial charge in [0.25, 0.3) is 0 Å². The van der Waals surface area contributed by atoms with Gasteiger partial charge in [-0.3, -0.25) is 4.99 Å². The van der Waals surface area contributed by atoms with Gasteiger partial charge in [-0.25, -0.2) is 0 Å². The van der Waals surface area contributed by atoms with Gasteiger partial charge in [0.1, 0.15) is 0 Å². The van der Waals surface area contributed by atoms with Gasteiger partial charge in [0.05, 0.1) is 5.56 Å². The predicted octanol–water partition coefficient (Wildman–Crippen LogP) is 3.38. The number of likely N-dealkylation sites (N-methyl/N-ethyl adjacent to an activating group) is 1. The van der Waals surface area contributed by atoms with Crippen molar-refractivity contribution in [3.8, 4) is 0 Å². The summed E-state index contributed by atoms with van der Waals surface area (Å²) in [6.07, 6.45) is -4.31. The molecule has 1 aromatic carbocycles. The number of piperazine rings is 1. The van der Waals surface area contributed by atoms with Crippen LogP contribution in [0.3, 0.4) is 0 Å². The number of hydrogen-bond acceptors (Lipinski definition) is 3. The van der Waals surface area contributed by atoms with Crippen molar-refractivity contribution in [1.29, 1.82) is 0 Å². The van der Waals surface area contributed by atoms with Crippen LogP contribution >= 0.6 is 0 Å². The molecule has 0 radical (unpaired) electrons. The molecule has 0 aromatic heterocycles. The van der Waals surface area contributed by atoms with Gasteiger partial charge < -0.3 is 20.0 Å². The van der Waals surface area contributed by atoms with Crippen LogP contribution in [0.4, 0.5) is 13.2 Å². The molecule has 1 aliphatic rings. The summed E-state index contributed by atoms with van der Waals surface area (Å²) in [6, 6.07) is 5.32. The first-order chi connectivity index (χ1) is 14.2. The van der Waals surface area contributed by atoms with Crippen molar-refractivity contribution >= 4 is 5.96 Å². The Kier molecular flexibility index (Phi) is 9.42. The number of alkyl halides is 3. The predicted molar refractivity (Wildman–Crippen MR) is 117 cm³/mol. The zero-order valence-electron chi connectivity index (χ0n) is 18.7. The van der Waals surface area contributed by atoms with Gasteiger partial charge in [0, 0.05) is 59.4 Å². The Hall–Kier alpha value is -1.80. The minimum Gasteiger partial charge on any atom is -0.357 e. The minimum absolute atomic E-state index is 0.436. The maximum Gasteiger partial charge on any atom is 0.416 e. The lowest BCUT2D eigenvalue weighted by Crippen LogP contribution is -2.47. The van der Waals surface area contributed by atoms with Gasteiger partial charge in [-0.05, 0) is 37.1 Å². The fourth-order valence-electron chi connectivity index (χ4n) is 3.65. The Bertz CT molecular complexity index is 652. The van der Waals surface area contributed by atoms with Gasteiger partial charge in [0.2, 0.25) is 0 Å². The van der Waals surface area contributed by atoms with Crippen molar-refractivity contribution in [2.75, 3.05) is 59.4 Å². The number of aliphatic imine (C=N–C) groups is 1. The molecule has 1 aromatic rings. The van der Waals surface area contributed by atoms with Crippen molar-refractivity contribution in [3.63, 3.8) is 0 Å². The summed E-state index contributed by atoms with van der Waals surface area (Å²) in [6.45, 7) is 15.0. The Morgan fingerprint density at radius 3 is 2.23 bits per heavy atom. The van der Waals surface area contributed by atoms with Crippen LogP contribution in [0.2, 0.25) is 0 Å². The molecule has 1 aliphatic heterocycles. The quantitative estimate of drug-likeness (QED) is 0.510. The average molecular weight is 428 g/mol. The molecule has 0 amide bonds. The maximum absolute atomic E-state index is 12.7. The van der Waals surface area contributed by atoms with E-state index in [4.69, 9.17) is 4.99 Å². The smallest absolute Gasteiger partial charge is 0.357 e. The first-order valence-corrected chi connectivity index (χ1v) is 10.8. The molecule has 1 unspecified atom stereocenters. The van der Waals surface area contributed by atoms with Crippen molar-refractivity contribution in [2.45, 2.75) is 33.5 Å². The molecular formula is C22H36F3N5. The van der Waals surface area contributed by atoms with E-state index in [0.717, 1.165) is 69.5 Å². The van der Waals surface area contributed by atoms with E-state index in [2.05, 4.69) is 29.0 Å². The summed E-state index contributed by atoms with van der Waals surface area (Å²) < 4.78 is 38.2. The third-order valence-electron chi connectivity index (χ3n) is 5.43. The first-order valence-electron chi connectivity index (χ1n) is 10.8. The fraction of sp³-hybridized carbons (Fsp3) is 0.682. The molecule has 1 N–H and O–H groups in total. The zero-order valence-corrected chi connectivity index (χ0v) is 18.7. The summed E-state index contributed by atoms with van der Waals surface area (Å²) in [5.41, 5.74) is 0.195. The lowest BCUT2D eigenvalue weighted by atomic mass is 10.1. The molecule has 0 bridgehead atoms. The number of nitrogens with zero attached hydrogens (tertiary/aromatic N) is 4. The average Bonchev–Trinajstić information content (AvgIpc) is 2.71. The van der Waals surface area contributed by atoms with E-state index < -0.39 is 11.7 Å². The Morgan fingerprint density at radius 1 is 1.10 bits per heavy atom. The molecule has 0 aliphatic carbocycles. The monoisotopic (exact) mass is 427 g/mol. The molecule has 5 nitrogen and oxygen atoms in total. The van der Waals surface area contributed by atoms with Crippen LogP contribution in [0.15, 0.2) is 29.3 Å². The Labute approximate surface area is 178 Å². The Balaban J connectivity index is 1.89. The van der Waals surface area contributed by atoms with Crippen LogP contribution in [0.1, 0.15) is 31.9 Å². The SMILES string of the molecule is CCNC(=NCC(C)CN1CCN(CC)CC1)N(C)Cc1ccc(C(F)(F)F)cc1. The van der Waals surface area contributed by atoms with Crippen molar-refractivity contribution in [1.82, 2.24) is 20.0 Å². The molecule has 0 spiro atoms. The lowest BCUT2D eigenvalue weighted by molar-refractivity contribution is -0.137. The topological polar surface area (TPSA) is 34.1 Å². The standard InChI is InChI=1S/C22H36F3N5/c1-5-26-21(27-15-18(3)16-30-13-11-29(6-2)12-14-30)28(4)17-19-7-9-20(10-8-19)22(23,24)25/h7-10,18H,5-6,11-17H2,1-4H3,(H,26,27). The zero-order chi connectivity index (χ0) is 22.1. The number of rotatable bonds is 8. The Morgan fingerprint density at radius 2 is 1.70 bits per heavy atom. The highest BCUT2D eigenvalue weighted by molar-refractivity contribution is 5.79. The summed E-state index contributed by atoms with van der Waals surface area (Å²) in [5, 5.41) is 3.29. The largest absolute Gasteiger partial charge is 0.416 e. The number of guanidine groups is 1. The van der Waals surface area contributed by atoms with E-state index in [9.17, 15) is 13.2 Å². The second-order valence-electron chi connectivity index (χ2n) is 8.09. The highest BCUT2D eigenvalue weighted by Gasteiger charge is 2.30. The van der Waals surface area contributed by atoms with Crippen LogP contribution in [-0.4, -0.2) is 80.1 Å². The van der Waals surface area contributed by atoms with E-state index in [1.54, 1.807) is 0 Å². The lowest BCUT2D eigenvalue weighted by Gasteiger charge is -2.35. The third kappa shape index (κ3) is 7.80. The van der Waals surface area contributed by atoms with Crippen LogP contribution < -0.4 is 5.32 Å². The van der Waals surface area contributed by atoms with E-state index in [0.29, 0.717) is 19.0 Å². The molecule has 1 heterocycles. The number of benzene rings is 1. The summed E-state index contributed by atoms with van der Waals surface area (Å²) in [5.74, 6) is 1.21. The van der Waals surface area contributed by atoms with Gasteiger partial charge in [-0.15, -0.1) is 0 Å². The van der Waals surface area contributed by atoms with Crippen LogP contribution in [-0.2, 0) is 12.7 Å². The number of halogens is 3. The van der Waals surface area contributed by atoms with Crippen molar-refractivity contribution in [3.05, 3.63) is 35.4 Å².